The minimum absolute atomic E-state index is 0.0288. The number of furan rings is 1. The van der Waals surface area contributed by atoms with Crippen molar-refractivity contribution in [1.82, 2.24) is 0 Å². The fourth-order valence-corrected chi connectivity index (χ4v) is 3.11. The summed E-state index contributed by atoms with van der Waals surface area (Å²) in [5.74, 6) is -0.723. The number of Topliss-reactive ketones (excluding diaryl/α,β-unsaturated/α-hetero) is 1. The molecule has 0 saturated carbocycles. The van der Waals surface area contributed by atoms with Crippen LogP contribution in [0.2, 0.25) is 0 Å². The highest BCUT2D eigenvalue weighted by Crippen LogP contribution is 2.42. The Hall–Kier alpha value is -3.02. The van der Waals surface area contributed by atoms with Gasteiger partial charge in [-0.25, -0.2) is 0 Å². The van der Waals surface area contributed by atoms with Gasteiger partial charge in [-0.2, -0.15) is 0 Å². The molecule has 0 bridgehead atoms. The quantitative estimate of drug-likeness (QED) is 0.826. The van der Waals surface area contributed by atoms with Crippen molar-refractivity contribution < 1.29 is 23.8 Å². The maximum atomic E-state index is 12.8. The van der Waals surface area contributed by atoms with Crippen molar-refractivity contribution >= 4 is 17.4 Å². The molecule has 1 N–H and O–H groups in total. The molecule has 0 aliphatic carbocycles. The Bertz CT molecular complexity index is 862. The lowest BCUT2D eigenvalue weighted by molar-refractivity contribution is -0.119. The number of ether oxygens (including phenoxy) is 1. The monoisotopic (exact) mass is 369 g/mol. The zero-order chi connectivity index (χ0) is 19.7. The van der Waals surface area contributed by atoms with Gasteiger partial charge in [-0.15, -0.1) is 0 Å². The minimum Gasteiger partial charge on any atom is -0.503 e. The largest absolute Gasteiger partial charge is 0.503 e. The lowest BCUT2D eigenvalue weighted by Gasteiger charge is -2.25. The molecular weight excluding hydrogens is 346 g/mol. The molecule has 2 aromatic rings. The second-order valence-electron chi connectivity index (χ2n) is 7.03. The molecule has 1 amide bonds. The van der Waals surface area contributed by atoms with Crippen LogP contribution in [0.3, 0.4) is 0 Å². The average Bonchev–Trinajstić information content (AvgIpc) is 3.22. The summed E-state index contributed by atoms with van der Waals surface area (Å²) < 4.78 is 11.1. The highest BCUT2D eigenvalue weighted by Gasteiger charge is 2.46. The predicted octanol–water partition coefficient (Wildman–Crippen LogP) is 4.19. The van der Waals surface area contributed by atoms with Gasteiger partial charge in [0.2, 0.25) is 0 Å². The molecule has 6 nitrogen and oxygen atoms in total. The summed E-state index contributed by atoms with van der Waals surface area (Å²) in [6, 6.07) is 9.52. The molecule has 1 aliphatic heterocycles. The number of carbonyl (C=O) groups excluding carboxylic acids is 2. The van der Waals surface area contributed by atoms with E-state index in [4.69, 9.17) is 9.15 Å². The Balaban J connectivity index is 2.04. The first-order chi connectivity index (χ1) is 12.8. The zero-order valence-electron chi connectivity index (χ0n) is 15.8. The predicted molar refractivity (Wildman–Crippen MR) is 101 cm³/mol. The maximum Gasteiger partial charge on any atom is 0.294 e. The van der Waals surface area contributed by atoms with Crippen LogP contribution in [0, 0.1) is 5.92 Å². The van der Waals surface area contributed by atoms with E-state index in [2.05, 4.69) is 0 Å². The molecule has 0 spiro atoms. The highest BCUT2D eigenvalue weighted by molar-refractivity contribution is 6.16. The van der Waals surface area contributed by atoms with E-state index in [1.807, 2.05) is 13.8 Å². The maximum absolute atomic E-state index is 12.8. The molecule has 0 radical (unpaired) electrons. The fraction of sp³-hybridized carbons (Fsp3) is 0.333. The number of aliphatic hydroxyl groups is 1. The minimum atomic E-state index is -0.806. The summed E-state index contributed by atoms with van der Waals surface area (Å²) in [5, 5.41) is 10.5. The first kappa shape index (κ1) is 18.8. The van der Waals surface area contributed by atoms with Crippen molar-refractivity contribution in [3.63, 3.8) is 0 Å². The summed E-state index contributed by atoms with van der Waals surface area (Å²) in [7, 11) is 0. The van der Waals surface area contributed by atoms with E-state index in [1.165, 1.54) is 11.2 Å². The van der Waals surface area contributed by atoms with Crippen molar-refractivity contribution in [2.24, 2.45) is 5.92 Å². The van der Waals surface area contributed by atoms with Crippen LogP contribution in [0.1, 0.15) is 39.5 Å². The van der Waals surface area contributed by atoms with Gasteiger partial charge < -0.3 is 14.3 Å². The van der Waals surface area contributed by atoms with Crippen LogP contribution >= 0.6 is 0 Å². The van der Waals surface area contributed by atoms with Gasteiger partial charge in [0.25, 0.3) is 5.91 Å². The van der Waals surface area contributed by atoms with Crippen molar-refractivity contribution in [3.8, 4) is 5.75 Å². The van der Waals surface area contributed by atoms with Gasteiger partial charge in [-0.1, -0.05) is 13.8 Å². The first-order valence-electron chi connectivity index (χ1n) is 8.92. The molecule has 1 aromatic heterocycles. The second-order valence-corrected chi connectivity index (χ2v) is 7.03. The molecule has 1 atom stereocenters. The van der Waals surface area contributed by atoms with Gasteiger partial charge in [0.05, 0.1) is 17.9 Å². The number of ketones is 1. The molecule has 2 heterocycles. The van der Waals surface area contributed by atoms with Crippen molar-refractivity contribution in [1.29, 1.82) is 0 Å². The number of carbonyl (C=O) groups is 2. The van der Waals surface area contributed by atoms with Crippen LogP contribution in [0.4, 0.5) is 5.69 Å². The number of benzene rings is 1. The van der Waals surface area contributed by atoms with Gasteiger partial charge in [-0.3, -0.25) is 14.5 Å². The highest BCUT2D eigenvalue weighted by atomic mass is 16.5. The van der Waals surface area contributed by atoms with E-state index < -0.39 is 17.7 Å². The molecule has 1 unspecified atom stereocenters. The number of hydrogen-bond donors (Lipinski definition) is 1. The van der Waals surface area contributed by atoms with Gasteiger partial charge in [0.1, 0.15) is 17.6 Å². The van der Waals surface area contributed by atoms with Crippen LogP contribution < -0.4 is 9.64 Å². The summed E-state index contributed by atoms with van der Waals surface area (Å²) in [6.45, 7) is 7.31. The molecule has 27 heavy (non-hydrogen) atoms. The fourth-order valence-electron chi connectivity index (χ4n) is 3.11. The van der Waals surface area contributed by atoms with Crippen LogP contribution in [-0.2, 0) is 9.59 Å². The van der Waals surface area contributed by atoms with Crippen LogP contribution in [-0.4, -0.2) is 22.9 Å². The van der Waals surface area contributed by atoms with E-state index in [9.17, 15) is 14.7 Å². The molecule has 1 aliphatic rings. The number of rotatable bonds is 6. The Morgan fingerprint density at radius 3 is 2.33 bits per heavy atom. The molecule has 6 heteroatoms. The van der Waals surface area contributed by atoms with Gasteiger partial charge in [0.15, 0.2) is 11.5 Å². The third-order valence-corrected chi connectivity index (χ3v) is 4.30. The van der Waals surface area contributed by atoms with Gasteiger partial charge in [-0.05, 0) is 50.2 Å². The lowest BCUT2D eigenvalue weighted by Crippen LogP contribution is -2.31. The van der Waals surface area contributed by atoms with E-state index in [1.54, 1.807) is 50.2 Å². The molecule has 3 rings (SSSR count). The van der Waals surface area contributed by atoms with E-state index in [0.29, 0.717) is 17.2 Å². The molecule has 1 aromatic carbocycles. The molecule has 0 fully saturated rings. The van der Waals surface area contributed by atoms with Gasteiger partial charge >= 0.3 is 0 Å². The molecular formula is C21H23NO5. The standard InChI is InChI=1S/C21H23NO5/c1-12(2)19(23)17-18(16-6-5-11-26-16)22(21(25)20(17)24)14-7-9-15(10-8-14)27-13(3)4/h5-13,18,24H,1-4H3. The normalized spacial score (nSPS) is 17.3. The smallest absolute Gasteiger partial charge is 0.294 e. The summed E-state index contributed by atoms with van der Waals surface area (Å²) in [6.07, 6.45) is 1.51. The summed E-state index contributed by atoms with van der Waals surface area (Å²) in [4.78, 5) is 26.9. The van der Waals surface area contributed by atoms with Crippen molar-refractivity contribution in [2.75, 3.05) is 4.90 Å². The van der Waals surface area contributed by atoms with Crippen LogP contribution in [0.5, 0.6) is 5.75 Å². The topological polar surface area (TPSA) is 80.0 Å². The Morgan fingerprint density at radius 1 is 1.15 bits per heavy atom. The molecule has 142 valence electrons. The summed E-state index contributed by atoms with van der Waals surface area (Å²) >= 11 is 0. The van der Waals surface area contributed by atoms with Crippen molar-refractivity contribution in [3.05, 3.63) is 59.8 Å². The average molecular weight is 369 g/mol. The number of amides is 1. The second kappa shape index (κ2) is 7.31. The summed E-state index contributed by atoms with van der Waals surface area (Å²) in [5.41, 5.74) is 0.600. The third kappa shape index (κ3) is 3.47. The van der Waals surface area contributed by atoms with E-state index >= 15 is 0 Å². The number of hydrogen-bond acceptors (Lipinski definition) is 5. The van der Waals surface area contributed by atoms with Crippen LogP contribution in [0.25, 0.3) is 0 Å². The van der Waals surface area contributed by atoms with Crippen molar-refractivity contribution in [2.45, 2.75) is 39.8 Å². The van der Waals surface area contributed by atoms with E-state index in [-0.39, 0.29) is 23.4 Å². The molecule has 0 saturated heterocycles. The van der Waals surface area contributed by atoms with E-state index in [0.717, 1.165) is 0 Å². The Labute approximate surface area is 158 Å². The number of anilines is 1. The van der Waals surface area contributed by atoms with Crippen LogP contribution in [0.15, 0.2) is 58.4 Å². The Morgan fingerprint density at radius 2 is 1.81 bits per heavy atom. The SMILES string of the molecule is CC(C)Oc1ccc(N2C(=O)C(O)=C(C(=O)C(C)C)C2c2ccco2)cc1. The van der Waals surface area contributed by atoms with Gasteiger partial charge in [0, 0.05) is 11.6 Å². The number of aliphatic hydroxyl groups excluding tert-OH is 1. The third-order valence-electron chi connectivity index (χ3n) is 4.30. The Kier molecular flexibility index (Phi) is 5.08. The first-order valence-corrected chi connectivity index (χ1v) is 8.92. The number of nitrogens with zero attached hydrogens (tertiary/aromatic N) is 1. The lowest BCUT2D eigenvalue weighted by atomic mass is 9.94. The zero-order valence-corrected chi connectivity index (χ0v) is 15.8.